The number of hydrogen-bond donors (Lipinski definition) is 3. The summed E-state index contributed by atoms with van der Waals surface area (Å²) in [5.74, 6) is 0.811. The van der Waals surface area contributed by atoms with Gasteiger partial charge >= 0.3 is 0 Å². The molecule has 23 heavy (non-hydrogen) atoms. The molecule has 0 aliphatic carbocycles. The zero-order valence-electron chi connectivity index (χ0n) is 14.3. The standard InChI is InChI=1S/C13H30N4O4S.HI/c1-4-22(18,19)17-9-5-7-15-13(14-2)16-8-6-10-21-12-11-20-3;/h17H,4-12H2,1-3H3,(H2,14,15,16);1H. The number of ether oxygens (including phenoxy) is 2. The topological polar surface area (TPSA) is 101 Å². The maximum atomic E-state index is 11.2. The third-order valence-corrected chi connectivity index (χ3v) is 4.17. The Balaban J connectivity index is 0. The minimum Gasteiger partial charge on any atom is -0.382 e. The molecule has 0 aromatic rings. The maximum Gasteiger partial charge on any atom is 0.211 e. The van der Waals surface area contributed by atoms with Crippen LogP contribution in [0.4, 0.5) is 0 Å². The summed E-state index contributed by atoms with van der Waals surface area (Å²) in [6.07, 6.45) is 1.57. The molecule has 0 saturated heterocycles. The number of hydrogen-bond acceptors (Lipinski definition) is 5. The van der Waals surface area contributed by atoms with Crippen molar-refractivity contribution in [3.63, 3.8) is 0 Å². The van der Waals surface area contributed by atoms with Crippen LogP contribution < -0.4 is 15.4 Å². The number of sulfonamides is 1. The van der Waals surface area contributed by atoms with Crippen LogP contribution in [-0.4, -0.2) is 73.7 Å². The molecular weight excluding hydrogens is 435 g/mol. The van der Waals surface area contributed by atoms with E-state index < -0.39 is 10.0 Å². The van der Waals surface area contributed by atoms with Crippen molar-refractivity contribution in [2.24, 2.45) is 4.99 Å². The van der Waals surface area contributed by atoms with E-state index in [0.29, 0.717) is 45.3 Å². The fourth-order valence-electron chi connectivity index (χ4n) is 1.47. The molecule has 0 radical (unpaired) electrons. The van der Waals surface area contributed by atoms with Crippen LogP contribution in [0, 0.1) is 0 Å². The monoisotopic (exact) mass is 466 g/mol. The van der Waals surface area contributed by atoms with E-state index in [0.717, 1.165) is 13.0 Å². The summed E-state index contributed by atoms with van der Waals surface area (Å²) in [7, 11) is 0.246. The van der Waals surface area contributed by atoms with Crippen molar-refractivity contribution < 1.29 is 17.9 Å². The summed E-state index contributed by atoms with van der Waals surface area (Å²) >= 11 is 0. The number of methoxy groups -OCH3 is 1. The van der Waals surface area contributed by atoms with Crippen LogP contribution in [0.2, 0.25) is 0 Å². The van der Waals surface area contributed by atoms with E-state index in [-0.39, 0.29) is 29.7 Å². The number of aliphatic imine (C=N–C) groups is 1. The molecule has 0 spiro atoms. The molecule has 0 aliphatic heterocycles. The predicted octanol–water partition coefficient (Wildman–Crippen LogP) is 0.152. The van der Waals surface area contributed by atoms with Gasteiger partial charge in [0.05, 0.1) is 19.0 Å². The van der Waals surface area contributed by atoms with Crippen LogP contribution in [-0.2, 0) is 19.5 Å². The van der Waals surface area contributed by atoms with Crippen LogP contribution in [0.1, 0.15) is 19.8 Å². The van der Waals surface area contributed by atoms with E-state index in [1.54, 1.807) is 21.1 Å². The molecule has 0 heterocycles. The third kappa shape index (κ3) is 16.5. The smallest absolute Gasteiger partial charge is 0.211 e. The van der Waals surface area contributed by atoms with E-state index in [4.69, 9.17) is 9.47 Å². The molecular formula is C13H31IN4O4S. The van der Waals surface area contributed by atoms with Crippen LogP contribution in [0.3, 0.4) is 0 Å². The molecule has 0 aromatic carbocycles. The highest BCUT2D eigenvalue weighted by molar-refractivity contribution is 14.0. The Hall–Kier alpha value is -0.170. The number of rotatable bonds is 13. The van der Waals surface area contributed by atoms with Crippen molar-refractivity contribution >= 4 is 40.0 Å². The highest BCUT2D eigenvalue weighted by Gasteiger charge is 2.04. The summed E-state index contributed by atoms with van der Waals surface area (Å²) in [6.45, 7) is 5.34. The number of guanidine groups is 1. The number of halogens is 1. The Bertz CT molecular complexity index is 393. The lowest BCUT2D eigenvalue weighted by molar-refractivity contribution is 0.0698. The molecule has 10 heteroatoms. The van der Waals surface area contributed by atoms with Crippen molar-refractivity contribution in [2.75, 3.05) is 59.4 Å². The average Bonchev–Trinajstić information content (AvgIpc) is 2.51. The molecule has 0 aliphatic rings. The summed E-state index contributed by atoms with van der Waals surface area (Å²) in [6, 6.07) is 0. The van der Waals surface area contributed by atoms with Gasteiger partial charge in [0, 0.05) is 40.4 Å². The fraction of sp³-hybridized carbons (Fsp3) is 0.923. The van der Waals surface area contributed by atoms with Gasteiger partial charge in [0.15, 0.2) is 5.96 Å². The zero-order valence-corrected chi connectivity index (χ0v) is 17.4. The lowest BCUT2D eigenvalue weighted by atomic mass is 10.4. The van der Waals surface area contributed by atoms with Gasteiger partial charge in [-0.1, -0.05) is 0 Å². The summed E-state index contributed by atoms with van der Waals surface area (Å²) in [5, 5.41) is 6.30. The highest BCUT2D eigenvalue weighted by Crippen LogP contribution is 1.84. The summed E-state index contributed by atoms with van der Waals surface area (Å²) in [5.41, 5.74) is 0. The van der Waals surface area contributed by atoms with E-state index >= 15 is 0 Å². The number of nitrogens with one attached hydrogen (secondary N) is 3. The Morgan fingerprint density at radius 2 is 1.70 bits per heavy atom. The Morgan fingerprint density at radius 1 is 1.04 bits per heavy atom. The van der Waals surface area contributed by atoms with E-state index in [1.807, 2.05) is 0 Å². The Labute approximate surface area is 157 Å². The van der Waals surface area contributed by atoms with E-state index in [2.05, 4.69) is 20.3 Å². The molecule has 0 amide bonds. The first kappa shape index (κ1) is 25.1. The van der Waals surface area contributed by atoms with Crippen LogP contribution >= 0.6 is 24.0 Å². The maximum absolute atomic E-state index is 11.2. The normalized spacial score (nSPS) is 11.9. The van der Waals surface area contributed by atoms with Crippen LogP contribution in [0.25, 0.3) is 0 Å². The van der Waals surface area contributed by atoms with Crippen LogP contribution in [0.15, 0.2) is 4.99 Å². The van der Waals surface area contributed by atoms with Crippen molar-refractivity contribution in [3.05, 3.63) is 0 Å². The quantitative estimate of drug-likeness (QED) is 0.155. The van der Waals surface area contributed by atoms with Crippen molar-refractivity contribution in [1.82, 2.24) is 15.4 Å². The molecule has 0 bridgehead atoms. The Kier molecular flexibility index (Phi) is 18.2. The van der Waals surface area contributed by atoms with Gasteiger partial charge in [0.2, 0.25) is 10.0 Å². The minimum absolute atomic E-state index is 0. The van der Waals surface area contributed by atoms with Crippen molar-refractivity contribution in [2.45, 2.75) is 19.8 Å². The van der Waals surface area contributed by atoms with Gasteiger partial charge in [0.1, 0.15) is 0 Å². The van der Waals surface area contributed by atoms with Crippen LogP contribution in [0.5, 0.6) is 0 Å². The summed E-state index contributed by atoms with van der Waals surface area (Å²) in [4.78, 5) is 4.09. The first-order valence-electron chi connectivity index (χ1n) is 7.54. The molecule has 0 aromatic heterocycles. The average molecular weight is 466 g/mol. The highest BCUT2D eigenvalue weighted by atomic mass is 127. The molecule has 8 nitrogen and oxygen atoms in total. The fourth-order valence-corrected chi connectivity index (χ4v) is 2.13. The molecule has 0 fully saturated rings. The van der Waals surface area contributed by atoms with Crippen molar-refractivity contribution in [3.8, 4) is 0 Å². The van der Waals surface area contributed by atoms with E-state index in [9.17, 15) is 8.42 Å². The molecule has 0 atom stereocenters. The van der Waals surface area contributed by atoms with Gasteiger partial charge in [-0.3, -0.25) is 4.99 Å². The summed E-state index contributed by atoms with van der Waals surface area (Å²) < 4.78 is 35.2. The van der Waals surface area contributed by atoms with E-state index in [1.165, 1.54) is 0 Å². The third-order valence-electron chi connectivity index (χ3n) is 2.76. The first-order valence-corrected chi connectivity index (χ1v) is 9.19. The second-order valence-electron chi connectivity index (χ2n) is 4.54. The van der Waals surface area contributed by atoms with Gasteiger partial charge in [-0.05, 0) is 19.8 Å². The molecule has 140 valence electrons. The lowest BCUT2D eigenvalue weighted by Crippen LogP contribution is -2.39. The molecule has 0 unspecified atom stereocenters. The second-order valence-corrected chi connectivity index (χ2v) is 6.63. The number of nitrogens with zero attached hydrogens (tertiary/aromatic N) is 1. The van der Waals surface area contributed by atoms with Crippen molar-refractivity contribution in [1.29, 1.82) is 0 Å². The predicted molar refractivity (Wildman–Crippen MR) is 104 cm³/mol. The largest absolute Gasteiger partial charge is 0.382 e. The van der Waals surface area contributed by atoms with Gasteiger partial charge < -0.3 is 20.1 Å². The molecule has 0 rings (SSSR count). The molecule has 0 saturated carbocycles. The first-order chi connectivity index (χ1) is 10.6. The van der Waals surface area contributed by atoms with Gasteiger partial charge in [0.25, 0.3) is 0 Å². The van der Waals surface area contributed by atoms with Gasteiger partial charge in [-0.15, -0.1) is 24.0 Å². The lowest BCUT2D eigenvalue weighted by Gasteiger charge is -2.12. The molecule has 3 N–H and O–H groups in total. The Morgan fingerprint density at radius 3 is 2.26 bits per heavy atom. The minimum atomic E-state index is -3.10. The SMILES string of the molecule is CCS(=O)(=O)NCCCNC(=NC)NCCCOCCOC.I. The second kappa shape index (κ2) is 16.7. The van der Waals surface area contributed by atoms with Gasteiger partial charge in [-0.2, -0.15) is 0 Å². The van der Waals surface area contributed by atoms with Gasteiger partial charge in [-0.25, -0.2) is 13.1 Å². The zero-order chi connectivity index (χ0) is 16.7.